The van der Waals surface area contributed by atoms with Gasteiger partial charge in [0, 0.05) is 11.9 Å². The molecule has 6 nitrogen and oxygen atoms in total. The molecule has 0 spiro atoms. The second-order valence-corrected chi connectivity index (χ2v) is 4.38. The highest BCUT2D eigenvalue weighted by Crippen LogP contribution is 2.25. The Balaban J connectivity index is 2.33. The maximum atomic E-state index is 10.8. The van der Waals surface area contributed by atoms with Gasteiger partial charge in [0.25, 0.3) is 0 Å². The average molecular weight is 299 g/mol. The lowest BCUT2D eigenvalue weighted by Gasteiger charge is -2.08. The van der Waals surface area contributed by atoms with Crippen molar-refractivity contribution in [3.63, 3.8) is 0 Å². The number of carboxylic acid groups (broad SMARTS) is 1. The molecular formula is C14H7ClN4O2. The monoisotopic (exact) mass is 298 g/mol. The van der Waals surface area contributed by atoms with E-state index in [0.717, 1.165) is 0 Å². The maximum absolute atomic E-state index is 10.8. The lowest BCUT2D eigenvalue weighted by molar-refractivity contribution is 0.0696. The summed E-state index contributed by atoms with van der Waals surface area (Å²) in [6.07, 6.45) is 1.17. The zero-order valence-electron chi connectivity index (χ0n) is 10.5. The zero-order valence-corrected chi connectivity index (χ0v) is 11.2. The molecule has 0 fully saturated rings. The van der Waals surface area contributed by atoms with E-state index in [2.05, 4.69) is 10.3 Å². The van der Waals surface area contributed by atoms with Crippen molar-refractivity contribution < 1.29 is 9.90 Å². The molecule has 1 aromatic carbocycles. The summed E-state index contributed by atoms with van der Waals surface area (Å²) < 4.78 is 0. The van der Waals surface area contributed by atoms with Crippen molar-refractivity contribution >= 4 is 29.1 Å². The third kappa shape index (κ3) is 3.08. The molecule has 0 bridgehead atoms. The van der Waals surface area contributed by atoms with Crippen LogP contribution in [0.15, 0.2) is 30.5 Å². The number of nitrogens with one attached hydrogen (secondary N) is 1. The lowest BCUT2D eigenvalue weighted by Crippen LogP contribution is -2.01. The normalized spacial score (nSPS) is 9.48. The average Bonchev–Trinajstić information content (AvgIpc) is 2.48. The van der Waals surface area contributed by atoms with Gasteiger partial charge in [0.15, 0.2) is 0 Å². The molecule has 102 valence electrons. The molecule has 1 aromatic heterocycles. The van der Waals surface area contributed by atoms with Crippen molar-refractivity contribution in [2.45, 2.75) is 0 Å². The van der Waals surface area contributed by atoms with Crippen LogP contribution in [0.4, 0.5) is 11.5 Å². The van der Waals surface area contributed by atoms with Crippen LogP contribution >= 0.6 is 11.6 Å². The number of benzene rings is 1. The first-order chi connectivity index (χ1) is 10.0. The number of rotatable bonds is 3. The smallest absolute Gasteiger partial charge is 0.337 e. The number of anilines is 2. The summed E-state index contributed by atoms with van der Waals surface area (Å²) in [4.78, 5) is 14.7. The van der Waals surface area contributed by atoms with Crippen LogP contribution in [0, 0.1) is 22.7 Å². The number of aromatic nitrogens is 1. The van der Waals surface area contributed by atoms with E-state index in [9.17, 15) is 4.79 Å². The van der Waals surface area contributed by atoms with E-state index in [-0.39, 0.29) is 27.5 Å². The predicted octanol–water partition coefficient (Wildman–Crippen LogP) is 2.92. The van der Waals surface area contributed by atoms with Gasteiger partial charge in [-0.05, 0) is 24.3 Å². The molecule has 0 atom stereocenters. The highest BCUT2D eigenvalue weighted by molar-refractivity contribution is 6.33. The SMILES string of the molecule is N#Cc1ccc(Nc2ncc(C(=O)O)cc2Cl)cc1C#N. The molecule has 2 aromatic rings. The molecule has 1 heterocycles. The number of hydrogen-bond acceptors (Lipinski definition) is 5. The Kier molecular flexibility index (Phi) is 4.03. The Morgan fingerprint density at radius 1 is 1.24 bits per heavy atom. The first-order valence-electron chi connectivity index (χ1n) is 5.65. The number of carbonyl (C=O) groups is 1. The van der Waals surface area contributed by atoms with Crippen molar-refractivity contribution in [3.05, 3.63) is 52.2 Å². The number of nitriles is 2. The van der Waals surface area contributed by atoms with Gasteiger partial charge in [-0.15, -0.1) is 0 Å². The van der Waals surface area contributed by atoms with E-state index in [4.69, 9.17) is 27.2 Å². The summed E-state index contributed by atoms with van der Waals surface area (Å²) in [6.45, 7) is 0. The fourth-order valence-electron chi connectivity index (χ4n) is 1.60. The van der Waals surface area contributed by atoms with Gasteiger partial charge in [-0.3, -0.25) is 0 Å². The van der Waals surface area contributed by atoms with E-state index in [1.807, 2.05) is 12.1 Å². The molecule has 2 rings (SSSR count). The van der Waals surface area contributed by atoms with Gasteiger partial charge in [-0.2, -0.15) is 10.5 Å². The number of carboxylic acids is 1. The van der Waals surface area contributed by atoms with E-state index in [1.165, 1.54) is 24.4 Å². The van der Waals surface area contributed by atoms with Gasteiger partial charge in [-0.1, -0.05) is 11.6 Å². The minimum Gasteiger partial charge on any atom is -0.478 e. The van der Waals surface area contributed by atoms with Crippen molar-refractivity contribution in [3.8, 4) is 12.1 Å². The molecule has 0 saturated carbocycles. The maximum Gasteiger partial charge on any atom is 0.337 e. The second kappa shape index (κ2) is 5.91. The zero-order chi connectivity index (χ0) is 15.4. The summed E-state index contributed by atoms with van der Waals surface area (Å²) in [5.41, 5.74) is 0.982. The molecule has 7 heteroatoms. The Labute approximate surface area is 124 Å². The number of hydrogen-bond donors (Lipinski definition) is 2. The number of pyridine rings is 1. The van der Waals surface area contributed by atoms with E-state index < -0.39 is 5.97 Å². The largest absolute Gasteiger partial charge is 0.478 e. The Morgan fingerprint density at radius 3 is 2.52 bits per heavy atom. The van der Waals surface area contributed by atoms with Gasteiger partial charge >= 0.3 is 5.97 Å². The van der Waals surface area contributed by atoms with Crippen LogP contribution in [-0.2, 0) is 0 Å². The van der Waals surface area contributed by atoms with Gasteiger partial charge in [-0.25, -0.2) is 9.78 Å². The minimum atomic E-state index is -1.12. The lowest BCUT2D eigenvalue weighted by atomic mass is 10.1. The highest BCUT2D eigenvalue weighted by atomic mass is 35.5. The van der Waals surface area contributed by atoms with Gasteiger partial charge < -0.3 is 10.4 Å². The van der Waals surface area contributed by atoms with Crippen LogP contribution in [0.1, 0.15) is 21.5 Å². The Bertz CT molecular complexity index is 806. The molecule has 0 aliphatic carbocycles. The van der Waals surface area contributed by atoms with Gasteiger partial charge in [0.2, 0.25) is 0 Å². The summed E-state index contributed by atoms with van der Waals surface area (Å²) in [6, 6.07) is 9.69. The fraction of sp³-hybridized carbons (Fsp3) is 0. The van der Waals surface area contributed by atoms with Crippen LogP contribution in [0.3, 0.4) is 0 Å². The van der Waals surface area contributed by atoms with Crippen molar-refractivity contribution in [2.24, 2.45) is 0 Å². The molecule has 0 aliphatic rings. The number of nitrogens with zero attached hydrogens (tertiary/aromatic N) is 3. The van der Waals surface area contributed by atoms with Crippen LogP contribution in [0.5, 0.6) is 0 Å². The third-order valence-corrected chi connectivity index (χ3v) is 2.90. The van der Waals surface area contributed by atoms with Crippen LogP contribution < -0.4 is 5.32 Å². The summed E-state index contributed by atoms with van der Waals surface area (Å²) >= 11 is 5.95. The molecule has 0 unspecified atom stereocenters. The number of aromatic carboxylic acids is 1. The van der Waals surface area contributed by atoms with E-state index >= 15 is 0 Å². The fourth-order valence-corrected chi connectivity index (χ4v) is 1.81. The van der Waals surface area contributed by atoms with Gasteiger partial charge in [0.05, 0.1) is 21.7 Å². The van der Waals surface area contributed by atoms with Crippen LogP contribution in [0.2, 0.25) is 5.02 Å². The van der Waals surface area contributed by atoms with E-state index in [1.54, 1.807) is 6.07 Å². The van der Waals surface area contributed by atoms with Crippen LogP contribution in [0.25, 0.3) is 0 Å². The first-order valence-corrected chi connectivity index (χ1v) is 6.03. The topological polar surface area (TPSA) is 110 Å². The third-order valence-electron chi connectivity index (χ3n) is 2.61. The summed E-state index contributed by atoms with van der Waals surface area (Å²) in [7, 11) is 0. The highest BCUT2D eigenvalue weighted by Gasteiger charge is 2.10. The van der Waals surface area contributed by atoms with Crippen LogP contribution in [-0.4, -0.2) is 16.1 Å². The summed E-state index contributed by atoms with van der Waals surface area (Å²) in [5.74, 6) is -0.864. The molecular weight excluding hydrogens is 292 g/mol. The molecule has 0 radical (unpaired) electrons. The standard InChI is InChI=1S/C14H7ClN4O2/c15-12-4-10(14(20)21)7-18-13(12)19-11-2-1-8(5-16)9(3-11)6-17/h1-4,7H,(H,18,19)(H,20,21). The van der Waals surface area contributed by atoms with Crippen molar-refractivity contribution in [1.29, 1.82) is 10.5 Å². The molecule has 0 aliphatic heterocycles. The second-order valence-electron chi connectivity index (χ2n) is 3.97. The van der Waals surface area contributed by atoms with E-state index in [0.29, 0.717) is 5.69 Å². The molecule has 2 N–H and O–H groups in total. The Hall–Kier alpha value is -3.09. The number of halogens is 1. The predicted molar refractivity (Wildman–Crippen MR) is 75.4 cm³/mol. The quantitative estimate of drug-likeness (QED) is 0.901. The molecule has 21 heavy (non-hydrogen) atoms. The molecule has 0 amide bonds. The van der Waals surface area contributed by atoms with Gasteiger partial charge in [0.1, 0.15) is 18.0 Å². The summed E-state index contributed by atoms with van der Waals surface area (Å²) in [5, 5.41) is 29.6. The minimum absolute atomic E-state index is 0.0249. The Morgan fingerprint density at radius 2 is 1.95 bits per heavy atom. The van der Waals surface area contributed by atoms with Crippen molar-refractivity contribution in [1.82, 2.24) is 4.98 Å². The molecule has 0 saturated heterocycles. The first kappa shape index (κ1) is 14.3. The van der Waals surface area contributed by atoms with Crippen molar-refractivity contribution in [2.75, 3.05) is 5.32 Å².